The van der Waals surface area contributed by atoms with Crippen LogP contribution in [0, 0.1) is 0 Å². The highest BCUT2D eigenvalue weighted by molar-refractivity contribution is 7.92. The monoisotopic (exact) mass is 456 g/mol. The summed E-state index contributed by atoms with van der Waals surface area (Å²) in [6.07, 6.45) is 3.92. The molecule has 1 aromatic heterocycles. The molecule has 1 aliphatic heterocycles. The summed E-state index contributed by atoms with van der Waals surface area (Å²) in [6, 6.07) is 15.8. The third kappa shape index (κ3) is 5.15. The van der Waals surface area contributed by atoms with E-state index in [1.165, 1.54) is 18.2 Å². The molecule has 1 fully saturated rings. The summed E-state index contributed by atoms with van der Waals surface area (Å²) < 4.78 is 27.9. The first-order chi connectivity index (χ1) is 14.9. The molecule has 1 amide bonds. The number of benzene rings is 2. The number of rotatable bonds is 6. The van der Waals surface area contributed by atoms with Crippen molar-refractivity contribution < 1.29 is 13.2 Å². The van der Waals surface area contributed by atoms with Crippen LogP contribution in [0.1, 0.15) is 23.2 Å². The van der Waals surface area contributed by atoms with Crippen molar-refractivity contribution in [3.05, 3.63) is 77.4 Å². The Labute approximate surface area is 186 Å². The third-order valence-electron chi connectivity index (χ3n) is 4.94. The molecule has 1 saturated heterocycles. The van der Waals surface area contributed by atoms with Gasteiger partial charge in [0.15, 0.2) is 0 Å². The van der Waals surface area contributed by atoms with Crippen LogP contribution in [0.4, 0.5) is 17.2 Å². The van der Waals surface area contributed by atoms with Gasteiger partial charge in [-0.25, -0.2) is 13.4 Å². The lowest BCUT2D eigenvalue weighted by atomic mass is 10.2. The van der Waals surface area contributed by atoms with E-state index in [1.807, 2.05) is 6.07 Å². The highest BCUT2D eigenvalue weighted by Crippen LogP contribution is 2.21. The zero-order valence-corrected chi connectivity index (χ0v) is 18.2. The van der Waals surface area contributed by atoms with Crippen molar-refractivity contribution in [1.29, 1.82) is 0 Å². The first-order valence-corrected chi connectivity index (χ1v) is 11.7. The number of hydrogen-bond acceptors (Lipinski definition) is 5. The van der Waals surface area contributed by atoms with Gasteiger partial charge in [0.1, 0.15) is 5.82 Å². The average Bonchev–Trinajstić information content (AvgIpc) is 3.31. The van der Waals surface area contributed by atoms with Gasteiger partial charge in [0.2, 0.25) is 0 Å². The zero-order chi connectivity index (χ0) is 21.8. The number of hydrogen-bond donors (Lipinski definition) is 2. The number of carbonyl (C=O) groups is 1. The van der Waals surface area contributed by atoms with E-state index < -0.39 is 15.9 Å². The summed E-state index contributed by atoms with van der Waals surface area (Å²) in [7, 11) is -3.86. The third-order valence-corrected chi connectivity index (χ3v) is 6.57. The van der Waals surface area contributed by atoms with Gasteiger partial charge in [-0.05, 0) is 67.4 Å². The molecule has 0 atom stereocenters. The van der Waals surface area contributed by atoms with Gasteiger partial charge in [-0.3, -0.25) is 9.52 Å². The van der Waals surface area contributed by atoms with E-state index in [1.54, 1.807) is 42.6 Å². The fourth-order valence-corrected chi connectivity index (χ4v) is 4.56. The quantitative estimate of drug-likeness (QED) is 0.574. The Morgan fingerprint density at radius 2 is 1.68 bits per heavy atom. The molecule has 31 heavy (non-hydrogen) atoms. The van der Waals surface area contributed by atoms with Gasteiger partial charge >= 0.3 is 0 Å². The van der Waals surface area contributed by atoms with Crippen LogP contribution >= 0.6 is 11.6 Å². The van der Waals surface area contributed by atoms with Crippen LogP contribution in [0.25, 0.3) is 0 Å². The lowest BCUT2D eigenvalue weighted by Gasteiger charge is -2.16. The second-order valence-corrected chi connectivity index (χ2v) is 9.31. The number of sulfonamides is 1. The molecule has 0 saturated carbocycles. The Kier molecular flexibility index (Phi) is 6.11. The molecule has 7 nitrogen and oxygen atoms in total. The number of anilines is 3. The van der Waals surface area contributed by atoms with Gasteiger partial charge in [-0.1, -0.05) is 17.7 Å². The van der Waals surface area contributed by atoms with Gasteiger partial charge in [-0.15, -0.1) is 0 Å². The maximum absolute atomic E-state index is 12.7. The summed E-state index contributed by atoms with van der Waals surface area (Å²) in [5.41, 5.74) is 1.14. The fraction of sp³-hybridized carbons (Fsp3) is 0.182. The Balaban J connectivity index is 1.46. The van der Waals surface area contributed by atoms with Crippen molar-refractivity contribution in [2.45, 2.75) is 17.7 Å². The Hall–Kier alpha value is -3.10. The van der Waals surface area contributed by atoms with Crippen molar-refractivity contribution in [1.82, 2.24) is 4.98 Å². The Morgan fingerprint density at radius 1 is 0.968 bits per heavy atom. The van der Waals surface area contributed by atoms with Gasteiger partial charge < -0.3 is 10.2 Å². The van der Waals surface area contributed by atoms with Gasteiger partial charge in [0, 0.05) is 29.4 Å². The Morgan fingerprint density at radius 3 is 2.35 bits per heavy atom. The van der Waals surface area contributed by atoms with E-state index in [4.69, 9.17) is 11.6 Å². The number of nitrogens with zero attached hydrogens (tertiary/aromatic N) is 2. The summed E-state index contributed by atoms with van der Waals surface area (Å²) >= 11 is 5.84. The van der Waals surface area contributed by atoms with Crippen molar-refractivity contribution in [2.24, 2.45) is 0 Å². The first kappa shape index (κ1) is 21.1. The molecule has 1 aliphatic rings. The van der Waals surface area contributed by atoms with E-state index in [0.29, 0.717) is 16.4 Å². The van der Waals surface area contributed by atoms with E-state index in [2.05, 4.69) is 19.9 Å². The van der Waals surface area contributed by atoms with Crippen LogP contribution in [0.2, 0.25) is 5.02 Å². The minimum atomic E-state index is -3.86. The number of amides is 1. The molecule has 2 aromatic carbocycles. The molecule has 160 valence electrons. The lowest BCUT2D eigenvalue weighted by molar-refractivity contribution is 0.102. The molecule has 2 N–H and O–H groups in total. The summed E-state index contributed by atoms with van der Waals surface area (Å²) in [4.78, 5) is 19.3. The molecule has 2 heterocycles. The van der Waals surface area contributed by atoms with Crippen molar-refractivity contribution in [3.63, 3.8) is 0 Å². The summed E-state index contributed by atoms with van der Waals surface area (Å²) in [5, 5.41) is 3.26. The fourth-order valence-electron chi connectivity index (χ4n) is 3.33. The van der Waals surface area contributed by atoms with E-state index >= 15 is 0 Å². The van der Waals surface area contributed by atoms with Crippen molar-refractivity contribution in [2.75, 3.05) is 28.0 Å². The van der Waals surface area contributed by atoms with Crippen LogP contribution in [0.15, 0.2) is 71.8 Å². The normalized spacial score (nSPS) is 13.8. The first-order valence-electron chi connectivity index (χ1n) is 9.81. The number of aromatic nitrogens is 1. The molecule has 3 aromatic rings. The highest BCUT2D eigenvalue weighted by Gasteiger charge is 2.17. The lowest BCUT2D eigenvalue weighted by Crippen LogP contribution is -2.19. The molecule has 0 aliphatic carbocycles. The van der Waals surface area contributed by atoms with Crippen molar-refractivity contribution in [3.8, 4) is 0 Å². The SMILES string of the molecule is O=C(Nc1ccc(N2CCCC2)nc1)c1cccc(S(=O)(=O)Nc2ccc(Cl)cc2)c1. The van der Waals surface area contributed by atoms with Gasteiger partial charge in [0.05, 0.1) is 16.8 Å². The maximum Gasteiger partial charge on any atom is 0.261 e. The zero-order valence-electron chi connectivity index (χ0n) is 16.6. The number of nitrogens with one attached hydrogen (secondary N) is 2. The van der Waals surface area contributed by atoms with E-state index in [9.17, 15) is 13.2 Å². The topological polar surface area (TPSA) is 91.4 Å². The van der Waals surface area contributed by atoms with Crippen LogP contribution in [0.5, 0.6) is 0 Å². The minimum absolute atomic E-state index is 0.0161. The molecular formula is C22H21ClN4O3S. The number of halogens is 1. The molecule has 0 unspecified atom stereocenters. The Bertz CT molecular complexity index is 1180. The molecule has 4 rings (SSSR count). The second kappa shape index (κ2) is 8.95. The highest BCUT2D eigenvalue weighted by atomic mass is 35.5. The predicted molar refractivity (Wildman–Crippen MR) is 122 cm³/mol. The molecule has 0 bridgehead atoms. The molecule has 0 radical (unpaired) electrons. The molecule has 0 spiro atoms. The van der Waals surface area contributed by atoms with Crippen molar-refractivity contribution >= 4 is 44.7 Å². The van der Waals surface area contributed by atoms with Crippen LogP contribution in [-0.2, 0) is 10.0 Å². The van der Waals surface area contributed by atoms with E-state index in [-0.39, 0.29) is 10.5 Å². The second-order valence-electron chi connectivity index (χ2n) is 7.19. The number of carbonyl (C=O) groups excluding carboxylic acids is 1. The molecular weight excluding hydrogens is 436 g/mol. The minimum Gasteiger partial charge on any atom is -0.357 e. The smallest absolute Gasteiger partial charge is 0.261 e. The van der Waals surface area contributed by atoms with Crippen LogP contribution in [0.3, 0.4) is 0 Å². The predicted octanol–water partition coefficient (Wildman–Crippen LogP) is 4.39. The van der Waals surface area contributed by atoms with E-state index in [0.717, 1.165) is 31.7 Å². The standard InChI is InChI=1S/C22H21ClN4O3S/c23-17-6-8-18(9-7-17)26-31(29,30)20-5-3-4-16(14-20)22(28)25-19-10-11-21(24-15-19)27-12-1-2-13-27/h3-11,14-15,26H,1-2,12-13H2,(H,25,28). The van der Waals surface area contributed by atoms with Gasteiger partial charge in [-0.2, -0.15) is 0 Å². The summed E-state index contributed by atoms with van der Waals surface area (Å²) in [5.74, 6) is 0.469. The largest absolute Gasteiger partial charge is 0.357 e. The summed E-state index contributed by atoms with van der Waals surface area (Å²) in [6.45, 7) is 1.98. The average molecular weight is 457 g/mol. The molecule has 9 heteroatoms. The number of pyridine rings is 1. The van der Waals surface area contributed by atoms with Crippen LogP contribution in [-0.4, -0.2) is 32.4 Å². The maximum atomic E-state index is 12.7. The van der Waals surface area contributed by atoms with Crippen LogP contribution < -0.4 is 14.9 Å². The van der Waals surface area contributed by atoms with Gasteiger partial charge in [0.25, 0.3) is 15.9 Å².